The van der Waals surface area contributed by atoms with Crippen LogP contribution in [0.1, 0.15) is 74.5 Å². The molecule has 0 bridgehead atoms. The van der Waals surface area contributed by atoms with Crippen molar-refractivity contribution in [1.29, 1.82) is 0 Å². The number of aryl methyl sites for hydroxylation is 1. The summed E-state index contributed by atoms with van der Waals surface area (Å²) in [5.74, 6) is 0.462. The van der Waals surface area contributed by atoms with E-state index in [4.69, 9.17) is 0 Å². The Bertz CT molecular complexity index is 1070. The first kappa shape index (κ1) is 24.0. The first-order chi connectivity index (χ1) is 15.8. The van der Waals surface area contributed by atoms with E-state index in [-0.39, 0.29) is 12.5 Å². The number of carbonyl (C=O) groups is 1. The normalized spacial score (nSPS) is 22.7. The van der Waals surface area contributed by atoms with E-state index >= 15 is 0 Å². The highest BCUT2D eigenvalue weighted by atomic mass is 32.2. The number of sulfonamides is 1. The van der Waals surface area contributed by atoms with Gasteiger partial charge in [-0.2, -0.15) is 4.31 Å². The summed E-state index contributed by atoms with van der Waals surface area (Å²) in [7, 11) is -3.63. The molecule has 6 heteroatoms. The van der Waals surface area contributed by atoms with Crippen LogP contribution in [0.3, 0.4) is 0 Å². The summed E-state index contributed by atoms with van der Waals surface area (Å²) in [4.78, 5) is 13.4. The molecule has 4 rings (SSSR count). The lowest BCUT2D eigenvalue weighted by Crippen LogP contribution is -2.51. The first-order valence-electron chi connectivity index (χ1n) is 12.2. The molecule has 1 aliphatic carbocycles. The molecule has 0 aromatic heterocycles. The van der Waals surface area contributed by atoms with Crippen molar-refractivity contribution in [2.45, 2.75) is 76.2 Å². The second-order valence-corrected chi connectivity index (χ2v) is 12.0. The van der Waals surface area contributed by atoms with Gasteiger partial charge in [0.1, 0.15) is 0 Å². The molecule has 0 unspecified atom stereocenters. The van der Waals surface area contributed by atoms with Gasteiger partial charge in [0.25, 0.3) is 0 Å². The fourth-order valence-corrected chi connectivity index (χ4v) is 6.88. The van der Waals surface area contributed by atoms with Gasteiger partial charge in [-0.25, -0.2) is 8.42 Å². The van der Waals surface area contributed by atoms with Crippen LogP contribution in [0.15, 0.2) is 53.4 Å². The fourth-order valence-electron chi connectivity index (χ4n) is 5.28. The maximum absolute atomic E-state index is 13.4. The van der Waals surface area contributed by atoms with E-state index in [1.54, 1.807) is 12.1 Å². The van der Waals surface area contributed by atoms with Crippen LogP contribution in [-0.4, -0.2) is 31.7 Å². The molecule has 0 radical (unpaired) electrons. The molecule has 2 fully saturated rings. The Morgan fingerprint density at radius 3 is 2.42 bits per heavy atom. The summed E-state index contributed by atoms with van der Waals surface area (Å²) < 4.78 is 28.3. The lowest BCUT2D eigenvalue weighted by Gasteiger charge is -2.38. The van der Waals surface area contributed by atoms with Crippen molar-refractivity contribution in [1.82, 2.24) is 9.62 Å². The zero-order chi connectivity index (χ0) is 23.5. The molecular formula is C27H36N2O3S. The number of nitrogens with zero attached hydrogens (tertiary/aromatic N) is 1. The smallest absolute Gasteiger partial charge is 0.243 e. The second kappa shape index (κ2) is 9.98. The highest BCUT2D eigenvalue weighted by Crippen LogP contribution is 2.35. The van der Waals surface area contributed by atoms with Gasteiger partial charge in [-0.15, -0.1) is 0 Å². The maximum Gasteiger partial charge on any atom is 0.243 e. The van der Waals surface area contributed by atoms with Crippen LogP contribution in [0.25, 0.3) is 0 Å². The standard InChI is InChI=1S/C27H36N2O3S/c1-21-9-6-7-12-24(21)19-28-26(30)27(2)17-8-18-29(20-27)33(31,32)25-15-13-23(14-16-25)22-10-4-3-5-11-22/h6-7,9,12-16,22H,3-5,8,10-11,17-20H2,1-2H3,(H,28,30)/t27-/m0/s1. The zero-order valence-electron chi connectivity index (χ0n) is 19.8. The van der Waals surface area contributed by atoms with Crippen molar-refractivity contribution in [3.8, 4) is 0 Å². The molecule has 1 saturated heterocycles. The van der Waals surface area contributed by atoms with Crippen molar-refractivity contribution >= 4 is 15.9 Å². The Kier molecular flexibility index (Phi) is 7.25. The van der Waals surface area contributed by atoms with E-state index in [0.717, 1.165) is 11.1 Å². The minimum atomic E-state index is -3.63. The van der Waals surface area contributed by atoms with E-state index in [0.29, 0.717) is 36.7 Å². The molecular weight excluding hydrogens is 432 g/mol. The Labute approximate surface area is 198 Å². The molecule has 1 atom stereocenters. The summed E-state index contributed by atoms with van der Waals surface area (Å²) in [5, 5.41) is 3.05. The number of hydrogen-bond acceptors (Lipinski definition) is 3. The SMILES string of the molecule is Cc1ccccc1CNC(=O)[C@@]1(C)CCCN(S(=O)(=O)c2ccc(C3CCCCC3)cc2)C1. The second-order valence-electron chi connectivity index (χ2n) is 10.0. The van der Waals surface area contributed by atoms with E-state index in [1.807, 2.05) is 50.2 Å². The van der Waals surface area contributed by atoms with Gasteiger partial charge >= 0.3 is 0 Å². The van der Waals surface area contributed by atoms with Crippen molar-refractivity contribution in [3.63, 3.8) is 0 Å². The zero-order valence-corrected chi connectivity index (χ0v) is 20.7. The molecule has 2 aromatic rings. The lowest BCUT2D eigenvalue weighted by atomic mass is 9.82. The molecule has 5 nitrogen and oxygen atoms in total. The quantitative estimate of drug-likeness (QED) is 0.638. The average molecular weight is 469 g/mol. The van der Waals surface area contributed by atoms with Gasteiger partial charge in [-0.1, -0.05) is 55.7 Å². The topological polar surface area (TPSA) is 66.5 Å². The predicted molar refractivity (Wildman–Crippen MR) is 131 cm³/mol. The Morgan fingerprint density at radius 1 is 1.03 bits per heavy atom. The van der Waals surface area contributed by atoms with Crippen molar-refractivity contribution in [2.24, 2.45) is 5.41 Å². The van der Waals surface area contributed by atoms with Gasteiger partial charge in [0.05, 0.1) is 10.3 Å². The molecule has 178 valence electrons. The van der Waals surface area contributed by atoms with Crippen LogP contribution >= 0.6 is 0 Å². The summed E-state index contributed by atoms with van der Waals surface area (Å²) in [5.41, 5.74) is 2.71. The Balaban J connectivity index is 1.44. The minimum Gasteiger partial charge on any atom is -0.352 e. The largest absolute Gasteiger partial charge is 0.352 e. The Morgan fingerprint density at radius 2 is 1.73 bits per heavy atom. The van der Waals surface area contributed by atoms with Gasteiger partial charge in [0.2, 0.25) is 15.9 Å². The fraction of sp³-hybridized carbons (Fsp3) is 0.519. The van der Waals surface area contributed by atoms with Crippen LogP contribution in [0.4, 0.5) is 0 Å². The van der Waals surface area contributed by atoms with Gasteiger partial charge < -0.3 is 5.32 Å². The summed E-state index contributed by atoms with van der Waals surface area (Å²) in [6.45, 7) is 5.02. The number of hydrogen-bond donors (Lipinski definition) is 1. The van der Waals surface area contributed by atoms with Gasteiger partial charge in [0, 0.05) is 19.6 Å². The first-order valence-corrected chi connectivity index (χ1v) is 13.7. The van der Waals surface area contributed by atoms with Crippen molar-refractivity contribution < 1.29 is 13.2 Å². The Hall–Kier alpha value is -2.18. The molecule has 1 saturated carbocycles. The third kappa shape index (κ3) is 5.33. The van der Waals surface area contributed by atoms with E-state index in [1.165, 1.54) is 42.0 Å². The summed E-state index contributed by atoms with van der Waals surface area (Å²) >= 11 is 0. The number of nitrogens with one attached hydrogen (secondary N) is 1. The van der Waals surface area contributed by atoms with Gasteiger partial charge in [-0.05, 0) is 74.3 Å². The molecule has 1 amide bonds. The van der Waals surface area contributed by atoms with Crippen LogP contribution in [0, 0.1) is 12.3 Å². The summed E-state index contributed by atoms with van der Waals surface area (Å²) in [6.07, 6.45) is 7.54. The van der Waals surface area contributed by atoms with Crippen molar-refractivity contribution in [2.75, 3.05) is 13.1 Å². The van der Waals surface area contributed by atoms with Gasteiger partial charge in [-0.3, -0.25) is 4.79 Å². The van der Waals surface area contributed by atoms with Crippen LogP contribution in [0.5, 0.6) is 0 Å². The average Bonchev–Trinajstić information content (AvgIpc) is 2.84. The van der Waals surface area contributed by atoms with Crippen LogP contribution in [0.2, 0.25) is 0 Å². The van der Waals surface area contributed by atoms with E-state index in [9.17, 15) is 13.2 Å². The highest BCUT2D eigenvalue weighted by Gasteiger charge is 2.41. The third-order valence-corrected chi connectivity index (χ3v) is 9.36. The number of rotatable bonds is 6. The monoisotopic (exact) mass is 468 g/mol. The molecule has 33 heavy (non-hydrogen) atoms. The molecule has 1 aliphatic heterocycles. The number of amides is 1. The lowest BCUT2D eigenvalue weighted by molar-refractivity contribution is -0.132. The number of carbonyl (C=O) groups excluding carboxylic acids is 1. The number of piperidine rings is 1. The van der Waals surface area contributed by atoms with E-state index < -0.39 is 15.4 Å². The van der Waals surface area contributed by atoms with E-state index in [2.05, 4.69) is 5.32 Å². The molecule has 0 spiro atoms. The molecule has 1 N–H and O–H groups in total. The maximum atomic E-state index is 13.4. The highest BCUT2D eigenvalue weighted by molar-refractivity contribution is 7.89. The predicted octanol–water partition coefficient (Wildman–Crippen LogP) is 5.15. The van der Waals surface area contributed by atoms with Gasteiger partial charge in [0.15, 0.2) is 0 Å². The molecule has 2 aliphatic rings. The van der Waals surface area contributed by atoms with Crippen LogP contribution < -0.4 is 5.32 Å². The summed E-state index contributed by atoms with van der Waals surface area (Å²) in [6, 6.07) is 15.5. The van der Waals surface area contributed by atoms with Crippen LogP contribution in [-0.2, 0) is 21.4 Å². The molecule has 1 heterocycles. The van der Waals surface area contributed by atoms with Crippen molar-refractivity contribution in [3.05, 3.63) is 65.2 Å². The third-order valence-electron chi connectivity index (χ3n) is 7.50. The molecule has 2 aromatic carbocycles. The minimum absolute atomic E-state index is 0.0849. The number of benzene rings is 2.